The van der Waals surface area contributed by atoms with E-state index in [2.05, 4.69) is 24.1 Å². The van der Waals surface area contributed by atoms with E-state index in [0.29, 0.717) is 43.4 Å². The number of aromatic nitrogens is 2. The molecule has 168 valence electrons. The van der Waals surface area contributed by atoms with Crippen molar-refractivity contribution in [3.05, 3.63) is 92.7 Å². The molecule has 1 amide bonds. The first-order valence-corrected chi connectivity index (χ1v) is 12.1. The van der Waals surface area contributed by atoms with Crippen molar-refractivity contribution in [1.29, 1.82) is 0 Å². The number of nitrogens with one attached hydrogen (secondary N) is 1. The highest BCUT2D eigenvalue weighted by atomic mass is 35.5. The van der Waals surface area contributed by atoms with E-state index in [0.717, 1.165) is 0 Å². The molecule has 0 saturated carbocycles. The van der Waals surface area contributed by atoms with Crippen molar-refractivity contribution in [2.45, 2.75) is 24.9 Å². The summed E-state index contributed by atoms with van der Waals surface area (Å²) in [6.07, 6.45) is 0. The molecule has 0 aliphatic rings. The van der Waals surface area contributed by atoms with Crippen LogP contribution in [0.4, 0.5) is 5.69 Å². The molecule has 1 N–H and O–H groups in total. The highest BCUT2D eigenvalue weighted by Crippen LogP contribution is 2.30. The predicted molar refractivity (Wildman–Crippen MR) is 137 cm³/mol. The molecule has 8 heteroatoms. The van der Waals surface area contributed by atoms with Crippen LogP contribution in [0.25, 0.3) is 16.6 Å². The highest BCUT2D eigenvalue weighted by Gasteiger charge is 2.16. The molecule has 0 saturated heterocycles. The molecule has 0 aliphatic carbocycles. The third-order valence-corrected chi connectivity index (χ3v) is 6.69. The van der Waals surface area contributed by atoms with Gasteiger partial charge in [-0.3, -0.25) is 14.2 Å². The van der Waals surface area contributed by atoms with Crippen molar-refractivity contribution in [3.63, 3.8) is 0 Å². The quantitative estimate of drug-likeness (QED) is 0.242. The van der Waals surface area contributed by atoms with Crippen LogP contribution in [0.2, 0.25) is 10.0 Å². The fourth-order valence-electron chi connectivity index (χ4n) is 3.37. The van der Waals surface area contributed by atoms with Gasteiger partial charge in [-0.25, -0.2) is 4.98 Å². The number of thioether (sulfide) groups is 1. The van der Waals surface area contributed by atoms with Crippen LogP contribution in [0.5, 0.6) is 0 Å². The van der Waals surface area contributed by atoms with Crippen molar-refractivity contribution in [2.24, 2.45) is 0 Å². The first-order valence-electron chi connectivity index (χ1n) is 10.3. The van der Waals surface area contributed by atoms with Crippen molar-refractivity contribution >= 4 is 57.5 Å². The van der Waals surface area contributed by atoms with E-state index in [-0.39, 0.29) is 17.2 Å². The van der Waals surface area contributed by atoms with Gasteiger partial charge in [0, 0.05) is 0 Å². The molecular formula is C25H21Cl2N3O2S. The zero-order chi connectivity index (χ0) is 23.5. The molecule has 4 aromatic rings. The van der Waals surface area contributed by atoms with Crippen molar-refractivity contribution in [3.8, 4) is 5.69 Å². The maximum atomic E-state index is 13.4. The smallest absolute Gasteiger partial charge is 0.266 e. The molecular weight excluding hydrogens is 477 g/mol. The maximum absolute atomic E-state index is 13.4. The molecule has 1 aromatic heterocycles. The Hall–Kier alpha value is -2.80. The summed E-state index contributed by atoms with van der Waals surface area (Å²) in [5, 5.41) is 4.39. The first kappa shape index (κ1) is 23.4. The monoisotopic (exact) mass is 497 g/mol. The lowest BCUT2D eigenvalue weighted by Gasteiger charge is -2.14. The van der Waals surface area contributed by atoms with Crippen molar-refractivity contribution in [2.75, 3.05) is 11.1 Å². The number of anilines is 1. The third kappa shape index (κ3) is 5.08. The van der Waals surface area contributed by atoms with E-state index in [1.54, 1.807) is 34.9 Å². The Bertz CT molecular complexity index is 1360. The lowest BCUT2D eigenvalue weighted by atomic mass is 10.0. The van der Waals surface area contributed by atoms with Crippen LogP contribution in [0.15, 0.2) is 76.7 Å². The second-order valence-electron chi connectivity index (χ2n) is 7.73. The second-order valence-corrected chi connectivity index (χ2v) is 9.49. The number of hydrogen-bond acceptors (Lipinski definition) is 4. The van der Waals surface area contributed by atoms with Gasteiger partial charge in [-0.1, -0.05) is 79.1 Å². The summed E-state index contributed by atoms with van der Waals surface area (Å²) < 4.78 is 1.55. The fraction of sp³-hybridized carbons (Fsp3) is 0.160. The highest BCUT2D eigenvalue weighted by molar-refractivity contribution is 7.99. The number of hydrogen-bond donors (Lipinski definition) is 1. The lowest BCUT2D eigenvalue weighted by Crippen LogP contribution is -2.23. The average molecular weight is 498 g/mol. The minimum absolute atomic E-state index is 0.0242. The molecule has 1 heterocycles. The Morgan fingerprint density at radius 2 is 1.67 bits per heavy atom. The summed E-state index contributed by atoms with van der Waals surface area (Å²) >= 11 is 13.5. The van der Waals surface area contributed by atoms with Gasteiger partial charge in [-0.2, -0.15) is 0 Å². The van der Waals surface area contributed by atoms with Gasteiger partial charge in [0.25, 0.3) is 5.56 Å². The number of halogens is 2. The maximum Gasteiger partial charge on any atom is 0.266 e. The van der Waals surface area contributed by atoms with Crippen molar-refractivity contribution < 1.29 is 4.79 Å². The molecule has 0 bridgehead atoms. The molecule has 4 rings (SSSR count). The number of fused-ring (bicyclic) bond motifs is 1. The van der Waals surface area contributed by atoms with E-state index >= 15 is 0 Å². The molecule has 0 unspecified atom stereocenters. The number of amides is 1. The average Bonchev–Trinajstić information content (AvgIpc) is 2.80. The summed E-state index contributed by atoms with van der Waals surface area (Å²) in [7, 11) is 0. The van der Waals surface area contributed by atoms with Crippen LogP contribution in [0.1, 0.15) is 25.3 Å². The Kier molecular flexibility index (Phi) is 7.08. The van der Waals surface area contributed by atoms with Gasteiger partial charge < -0.3 is 5.32 Å². The third-order valence-electron chi connectivity index (χ3n) is 5.12. The zero-order valence-electron chi connectivity index (χ0n) is 18.0. The van der Waals surface area contributed by atoms with Crippen LogP contribution in [-0.4, -0.2) is 21.2 Å². The Morgan fingerprint density at radius 3 is 2.33 bits per heavy atom. The summed E-state index contributed by atoms with van der Waals surface area (Å²) in [6, 6.07) is 20.0. The Morgan fingerprint density at radius 1 is 1.00 bits per heavy atom. The van der Waals surface area contributed by atoms with E-state index in [1.807, 2.05) is 36.4 Å². The fourth-order valence-corrected chi connectivity index (χ4v) is 4.67. The Balaban J connectivity index is 1.68. The second kappa shape index (κ2) is 10.00. The van der Waals surface area contributed by atoms with Crippen LogP contribution >= 0.6 is 35.0 Å². The molecule has 0 radical (unpaired) electrons. The topological polar surface area (TPSA) is 64.0 Å². The summed E-state index contributed by atoms with van der Waals surface area (Å²) in [4.78, 5) is 30.7. The van der Waals surface area contributed by atoms with Crippen LogP contribution in [-0.2, 0) is 4.79 Å². The molecule has 0 fully saturated rings. The lowest BCUT2D eigenvalue weighted by molar-refractivity contribution is -0.113. The predicted octanol–water partition coefficient (Wildman–Crippen LogP) is 6.55. The van der Waals surface area contributed by atoms with Gasteiger partial charge in [0.15, 0.2) is 5.16 Å². The Labute approximate surface area is 205 Å². The van der Waals surface area contributed by atoms with Gasteiger partial charge in [0.1, 0.15) is 0 Å². The molecule has 3 aromatic carbocycles. The van der Waals surface area contributed by atoms with Crippen LogP contribution in [0, 0.1) is 0 Å². The van der Waals surface area contributed by atoms with Gasteiger partial charge >= 0.3 is 0 Å². The molecule has 33 heavy (non-hydrogen) atoms. The van der Waals surface area contributed by atoms with Gasteiger partial charge in [-0.05, 0) is 47.9 Å². The van der Waals surface area contributed by atoms with Crippen molar-refractivity contribution in [1.82, 2.24) is 9.55 Å². The number of rotatable bonds is 6. The summed E-state index contributed by atoms with van der Waals surface area (Å²) in [6.45, 7) is 4.23. The van der Waals surface area contributed by atoms with E-state index in [4.69, 9.17) is 23.2 Å². The number of para-hydroxylation sites is 2. The van der Waals surface area contributed by atoms with Crippen LogP contribution in [0.3, 0.4) is 0 Å². The van der Waals surface area contributed by atoms with E-state index in [1.165, 1.54) is 17.3 Å². The molecule has 0 aliphatic heterocycles. The number of carbonyl (C=O) groups is 1. The van der Waals surface area contributed by atoms with Gasteiger partial charge in [0.2, 0.25) is 5.91 Å². The molecule has 5 nitrogen and oxygen atoms in total. The first-order chi connectivity index (χ1) is 15.8. The zero-order valence-corrected chi connectivity index (χ0v) is 20.3. The van der Waals surface area contributed by atoms with Crippen LogP contribution < -0.4 is 10.9 Å². The molecule has 0 atom stereocenters. The van der Waals surface area contributed by atoms with E-state index < -0.39 is 0 Å². The minimum Gasteiger partial charge on any atom is -0.323 e. The minimum atomic E-state index is -0.306. The SMILES string of the molecule is CC(C)c1ccc(-n2c(SCC(=O)Nc3c(Cl)cccc3Cl)nc3ccccc3c2=O)cc1. The summed E-state index contributed by atoms with van der Waals surface area (Å²) in [5.41, 5.74) is 2.62. The largest absolute Gasteiger partial charge is 0.323 e. The van der Waals surface area contributed by atoms with Gasteiger partial charge in [-0.15, -0.1) is 0 Å². The summed E-state index contributed by atoms with van der Waals surface area (Å²) in [5.74, 6) is 0.0925. The number of carbonyl (C=O) groups excluding carboxylic acids is 1. The normalized spacial score (nSPS) is 11.2. The number of nitrogens with zero attached hydrogens (tertiary/aromatic N) is 2. The number of benzene rings is 3. The standard InChI is InChI=1S/C25H21Cl2N3O2S/c1-15(2)16-10-12-17(13-11-16)30-24(32)18-6-3-4-9-21(18)28-25(30)33-14-22(31)29-23-19(26)7-5-8-20(23)27/h3-13,15H,14H2,1-2H3,(H,29,31). The van der Waals surface area contributed by atoms with Gasteiger partial charge in [0.05, 0.1) is 38.1 Å². The molecule has 0 spiro atoms. The van der Waals surface area contributed by atoms with E-state index in [9.17, 15) is 9.59 Å².